The molecule has 2 aromatic carbocycles. The second-order valence-electron chi connectivity index (χ2n) is 6.59. The summed E-state index contributed by atoms with van der Waals surface area (Å²) in [6.45, 7) is -0.0567. The number of amides is 1. The first-order valence-corrected chi connectivity index (χ1v) is 9.12. The first-order chi connectivity index (χ1) is 14.5. The second kappa shape index (κ2) is 7.91. The van der Waals surface area contributed by atoms with Gasteiger partial charge < -0.3 is 20.1 Å². The number of fused-ring (bicyclic) bond motifs is 1. The van der Waals surface area contributed by atoms with Gasteiger partial charge in [-0.1, -0.05) is 0 Å². The molecular weight excluding hydrogens is 393 g/mol. The molecule has 30 heavy (non-hydrogen) atoms. The molecular formula is C20H18FN5O4. The number of benzene rings is 2. The maximum atomic E-state index is 13.1. The number of β-amino-alcohol motifs (C(OH)–C–C–N with tert-alkyl or cyclic N) is 1. The first kappa shape index (κ1) is 19.5. The molecule has 1 amide bonds. The molecule has 0 atom stereocenters. The topological polar surface area (TPSA) is 110 Å². The fourth-order valence-electron chi connectivity index (χ4n) is 3.18. The molecule has 2 N–H and O–H groups in total. The zero-order valence-corrected chi connectivity index (χ0v) is 16.0. The van der Waals surface area contributed by atoms with Crippen molar-refractivity contribution in [3.05, 3.63) is 59.6 Å². The van der Waals surface area contributed by atoms with Gasteiger partial charge in [0.15, 0.2) is 0 Å². The number of aliphatic hydroxyl groups is 1. The Morgan fingerprint density at radius 3 is 2.63 bits per heavy atom. The van der Waals surface area contributed by atoms with Gasteiger partial charge in [-0.2, -0.15) is 4.80 Å². The number of methoxy groups -OCH3 is 1. The molecule has 0 aliphatic carbocycles. The molecule has 1 aromatic heterocycles. The van der Waals surface area contributed by atoms with Gasteiger partial charge in [-0.25, -0.2) is 9.18 Å². The van der Waals surface area contributed by atoms with Gasteiger partial charge >= 0.3 is 5.97 Å². The molecule has 1 aliphatic heterocycles. The number of hydrogen-bond donors (Lipinski definition) is 2. The summed E-state index contributed by atoms with van der Waals surface area (Å²) in [4.78, 5) is 27.5. The predicted octanol–water partition coefficient (Wildman–Crippen LogP) is 1.23. The molecule has 154 valence electrons. The zero-order chi connectivity index (χ0) is 21.3. The average Bonchev–Trinajstić information content (AvgIpc) is 3.30. The molecule has 0 spiro atoms. The van der Waals surface area contributed by atoms with E-state index in [2.05, 4.69) is 15.5 Å². The Balaban J connectivity index is 1.64. The van der Waals surface area contributed by atoms with E-state index in [9.17, 15) is 14.0 Å². The van der Waals surface area contributed by atoms with Crippen molar-refractivity contribution < 1.29 is 23.8 Å². The van der Waals surface area contributed by atoms with Crippen LogP contribution < -0.4 is 5.32 Å². The summed E-state index contributed by atoms with van der Waals surface area (Å²) < 4.78 is 17.9. The average molecular weight is 411 g/mol. The summed E-state index contributed by atoms with van der Waals surface area (Å²) in [5.41, 5.74) is 2.56. The lowest BCUT2D eigenvalue weighted by Crippen LogP contribution is -2.31. The van der Waals surface area contributed by atoms with Crippen LogP contribution in [0.5, 0.6) is 0 Å². The van der Waals surface area contributed by atoms with Gasteiger partial charge in [-0.05, 0) is 42.5 Å². The SMILES string of the molecule is COC(=O)C1=C(Nc2ccc3nn(-c4ccc(F)cc4)nc3c2)C(=O)N(CCO)C1. The number of esters is 1. The number of nitrogens with zero attached hydrogens (tertiary/aromatic N) is 4. The summed E-state index contributed by atoms with van der Waals surface area (Å²) >= 11 is 0. The minimum Gasteiger partial charge on any atom is -0.466 e. The molecule has 0 unspecified atom stereocenters. The van der Waals surface area contributed by atoms with E-state index in [1.54, 1.807) is 30.3 Å². The molecule has 0 saturated heterocycles. The monoisotopic (exact) mass is 411 g/mol. The van der Waals surface area contributed by atoms with Crippen LogP contribution in [0.25, 0.3) is 16.7 Å². The molecule has 0 radical (unpaired) electrons. The highest BCUT2D eigenvalue weighted by atomic mass is 19.1. The summed E-state index contributed by atoms with van der Waals surface area (Å²) in [5.74, 6) is -1.37. The van der Waals surface area contributed by atoms with Crippen molar-refractivity contribution in [1.29, 1.82) is 0 Å². The Kier molecular flexibility index (Phi) is 5.15. The van der Waals surface area contributed by atoms with Crippen molar-refractivity contribution in [3.63, 3.8) is 0 Å². The van der Waals surface area contributed by atoms with E-state index in [0.29, 0.717) is 22.4 Å². The summed E-state index contributed by atoms with van der Waals surface area (Å²) in [6, 6.07) is 10.9. The lowest BCUT2D eigenvalue weighted by Gasteiger charge is -2.14. The van der Waals surface area contributed by atoms with Gasteiger partial charge in [-0.3, -0.25) is 4.79 Å². The number of halogens is 1. The summed E-state index contributed by atoms with van der Waals surface area (Å²) in [5, 5.41) is 20.9. The number of carbonyl (C=O) groups is 2. The Bertz CT molecular complexity index is 1160. The second-order valence-corrected chi connectivity index (χ2v) is 6.59. The van der Waals surface area contributed by atoms with Crippen LogP contribution >= 0.6 is 0 Å². The van der Waals surface area contributed by atoms with Crippen LogP contribution in [0, 0.1) is 5.82 Å². The van der Waals surface area contributed by atoms with E-state index in [0.717, 1.165) is 0 Å². The fraction of sp³-hybridized carbons (Fsp3) is 0.200. The predicted molar refractivity (Wildman–Crippen MR) is 105 cm³/mol. The molecule has 4 rings (SSSR count). The third-order valence-corrected chi connectivity index (χ3v) is 4.66. The Morgan fingerprint density at radius 1 is 1.20 bits per heavy atom. The number of carbonyl (C=O) groups excluding carboxylic acids is 2. The Morgan fingerprint density at radius 2 is 1.93 bits per heavy atom. The van der Waals surface area contributed by atoms with Gasteiger partial charge in [0.2, 0.25) is 0 Å². The number of aromatic nitrogens is 3. The van der Waals surface area contributed by atoms with E-state index in [-0.39, 0.29) is 36.8 Å². The van der Waals surface area contributed by atoms with Crippen LogP contribution in [-0.2, 0) is 14.3 Å². The fourth-order valence-corrected chi connectivity index (χ4v) is 3.18. The van der Waals surface area contributed by atoms with Crippen LogP contribution in [0.4, 0.5) is 10.1 Å². The number of aliphatic hydroxyl groups excluding tert-OH is 1. The quantitative estimate of drug-likeness (QED) is 0.587. The summed E-state index contributed by atoms with van der Waals surface area (Å²) in [6.07, 6.45) is 0. The molecule has 0 bridgehead atoms. The largest absolute Gasteiger partial charge is 0.466 e. The Labute approximate surface area is 170 Å². The highest BCUT2D eigenvalue weighted by Crippen LogP contribution is 2.24. The molecule has 0 saturated carbocycles. The minimum atomic E-state index is -0.616. The van der Waals surface area contributed by atoms with Crippen molar-refractivity contribution in [2.75, 3.05) is 32.1 Å². The zero-order valence-electron chi connectivity index (χ0n) is 16.0. The smallest absolute Gasteiger partial charge is 0.337 e. The third-order valence-electron chi connectivity index (χ3n) is 4.66. The number of hydrogen-bond acceptors (Lipinski definition) is 7. The van der Waals surface area contributed by atoms with Gasteiger partial charge in [0.1, 0.15) is 22.5 Å². The van der Waals surface area contributed by atoms with Crippen molar-refractivity contribution in [2.24, 2.45) is 0 Å². The standard InChI is InChI=1S/C20H18FN5O4/c1-30-20(29)15-11-25(8-9-27)19(28)18(15)22-13-4-7-16-17(10-13)24-26(23-16)14-5-2-12(21)3-6-14/h2-7,10,22,27H,8-9,11H2,1H3. The first-order valence-electron chi connectivity index (χ1n) is 9.12. The third kappa shape index (κ3) is 3.60. The maximum Gasteiger partial charge on any atom is 0.337 e. The Hall–Kier alpha value is -3.79. The van der Waals surface area contributed by atoms with Crippen molar-refractivity contribution in [2.45, 2.75) is 0 Å². The lowest BCUT2D eigenvalue weighted by atomic mass is 10.2. The van der Waals surface area contributed by atoms with E-state index >= 15 is 0 Å². The normalized spacial score (nSPS) is 14.0. The van der Waals surface area contributed by atoms with E-state index in [4.69, 9.17) is 9.84 Å². The molecule has 10 heteroatoms. The maximum absolute atomic E-state index is 13.1. The lowest BCUT2D eigenvalue weighted by molar-refractivity contribution is -0.136. The van der Waals surface area contributed by atoms with Crippen LogP contribution in [0.15, 0.2) is 53.7 Å². The number of ether oxygens (including phenoxy) is 1. The number of anilines is 1. The van der Waals surface area contributed by atoms with Gasteiger partial charge in [0, 0.05) is 12.2 Å². The van der Waals surface area contributed by atoms with E-state index in [1.165, 1.54) is 28.9 Å². The molecule has 0 fully saturated rings. The van der Waals surface area contributed by atoms with Crippen LogP contribution in [0.2, 0.25) is 0 Å². The number of nitrogens with one attached hydrogen (secondary N) is 1. The molecule has 1 aliphatic rings. The molecule has 9 nitrogen and oxygen atoms in total. The van der Waals surface area contributed by atoms with Crippen LogP contribution in [0.3, 0.4) is 0 Å². The van der Waals surface area contributed by atoms with Gasteiger partial charge in [0.05, 0.1) is 31.5 Å². The molecule has 3 aromatic rings. The van der Waals surface area contributed by atoms with Crippen LogP contribution in [0.1, 0.15) is 0 Å². The van der Waals surface area contributed by atoms with Crippen molar-refractivity contribution in [1.82, 2.24) is 19.9 Å². The highest BCUT2D eigenvalue weighted by Gasteiger charge is 2.34. The number of rotatable bonds is 6. The van der Waals surface area contributed by atoms with Crippen molar-refractivity contribution in [3.8, 4) is 5.69 Å². The van der Waals surface area contributed by atoms with E-state index in [1.807, 2.05) is 0 Å². The van der Waals surface area contributed by atoms with Crippen LogP contribution in [-0.4, -0.2) is 63.7 Å². The van der Waals surface area contributed by atoms with Gasteiger partial charge in [-0.15, -0.1) is 10.2 Å². The van der Waals surface area contributed by atoms with Crippen molar-refractivity contribution >= 4 is 28.6 Å². The molecule has 2 heterocycles. The van der Waals surface area contributed by atoms with E-state index < -0.39 is 11.9 Å². The highest BCUT2D eigenvalue weighted by molar-refractivity contribution is 6.08. The summed E-state index contributed by atoms with van der Waals surface area (Å²) in [7, 11) is 1.24. The van der Waals surface area contributed by atoms with Gasteiger partial charge in [0.25, 0.3) is 5.91 Å². The minimum absolute atomic E-state index is 0.0530.